The summed E-state index contributed by atoms with van der Waals surface area (Å²) in [6.07, 6.45) is 3.87. The summed E-state index contributed by atoms with van der Waals surface area (Å²) in [6, 6.07) is -1.06. The lowest BCUT2D eigenvalue weighted by Gasteiger charge is -2.41. The summed E-state index contributed by atoms with van der Waals surface area (Å²) in [7, 11) is 0. The molecule has 1 fully saturated rings. The van der Waals surface area contributed by atoms with E-state index in [9.17, 15) is 14.4 Å². The van der Waals surface area contributed by atoms with E-state index in [0.717, 1.165) is 19.3 Å². The molecule has 1 rings (SSSR count). The lowest BCUT2D eigenvalue weighted by Crippen LogP contribution is -2.45. The SMILES string of the molecule is CCOC(=O)C[C@H](NC(=O)COC1CCCC(C)(C(C)C)C1)C(=O)OCC. The largest absolute Gasteiger partial charge is 0.466 e. The molecule has 3 atom stereocenters. The fourth-order valence-corrected chi connectivity index (χ4v) is 3.38. The molecule has 0 saturated heterocycles. The van der Waals surface area contributed by atoms with E-state index in [1.807, 2.05) is 0 Å². The van der Waals surface area contributed by atoms with E-state index in [4.69, 9.17) is 14.2 Å². The molecule has 0 bridgehead atoms. The van der Waals surface area contributed by atoms with E-state index in [2.05, 4.69) is 26.1 Å². The summed E-state index contributed by atoms with van der Waals surface area (Å²) in [6.45, 7) is 10.3. The molecule has 0 spiro atoms. The third-order valence-electron chi connectivity index (χ3n) is 5.39. The predicted octanol–water partition coefficient (Wildman–Crippen LogP) is 2.61. The normalized spacial score (nSPS) is 23.6. The van der Waals surface area contributed by atoms with Crippen molar-refractivity contribution in [2.24, 2.45) is 11.3 Å². The van der Waals surface area contributed by atoms with Gasteiger partial charge in [-0.2, -0.15) is 0 Å². The Bertz CT molecular complexity index is 507. The lowest BCUT2D eigenvalue weighted by molar-refractivity contribution is -0.153. The first-order valence-electron chi connectivity index (χ1n) is 9.95. The van der Waals surface area contributed by atoms with Gasteiger partial charge in [0.2, 0.25) is 5.91 Å². The van der Waals surface area contributed by atoms with Gasteiger partial charge in [-0.1, -0.05) is 27.2 Å². The van der Waals surface area contributed by atoms with Gasteiger partial charge in [0, 0.05) is 0 Å². The smallest absolute Gasteiger partial charge is 0.329 e. The first kappa shape index (κ1) is 23.4. The fraction of sp³-hybridized carbons (Fsp3) is 0.850. The topological polar surface area (TPSA) is 90.9 Å². The van der Waals surface area contributed by atoms with Crippen LogP contribution in [0.3, 0.4) is 0 Å². The Morgan fingerprint density at radius 2 is 1.81 bits per heavy atom. The molecule has 7 heteroatoms. The number of hydrogen-bond donors (Lipinski definition) is 1. The Labute approximate surface area is 162 Å². The van der Waals surface area contributed by atoms with Crippen LogP contribution in [0.5, 0.6) is 0 Å². The average Bonchev–Trinajstić information content (AvgIpc) is 2.60. The molecule has 0 aromatic heterocycles. The van der Waals surface area contributed by atoms with Crippen molar-refractivity contribution in [1.29, 1.82) is 0 Å². The number of esters is 2. The predicted molar refractivity (Wildman–Crippen MR) is 101 cm³/mol. The second kappa shape index (κ2) is 11.3. The second-order valence-corrected chi connectivity index (χ2v) is 7.72. The molecule has 1 amide bonds. The van der Waals surface area contributed by atoms with Gasteiger partial charge >= 0.3 is 11.9 Å². The van der Waals surface area contributed by atoms with Crippen LogP contribution in [0.2, 0.25) is 0 Å². The zero-order valence-corrected chi connectivity index (χ0v) is 17.3. The Hall–Kier alpha value is -1.63. The third kappa shape index (κ3) is 7.87. The van der Waals surface area contributed by atoms with E-state index in [1.54, 1.807) is 13.8 Å². The van der Waals surface area contributed by atoms with Crippen molar-refractivity contribution in [3.63, 3.8) is 0 Å². The summed E-state index contributed by atoms with van der Waals surface area (Å²) in [5.74, 6) is -1.09. The number of nitrogens with one attached hydrogen (secondary N) is 1. The van der Waals surface area contributed by atoms with Gasteiger partial charge in [0.15, 0.2) is 0 Å². The molecule has 0 aromatic carbocycles. The molecule has 156 valence electrons. The molecule has 7 nitrogen and oxygen atoms in total. The van der Waals surface area contributed by atoms with Crippen LogP contribution in [0.4, 0.5) is 0 Å². The molecule has 0 aromatic rings. The molecule has 27 heavy (non-hydrogen) atoms. The van der Waals surface area contributed by atoms with Gasteiger partial charge in [0.1, 0.15) is 12.6 Å². The molecule has 1 saturated carbocycles. The summed E-state index contributed by atoms with van der Waals surface area (Å²) < 4.78 is 15.6. The van der Waals surface area contributed by atoms with Crippen LogP contribution in [0.1, 0.15) is 66.7 Å². The minimum absolute atomic E-state index is 0.0306. The Kier molecular flexibility index (Phi) is 9.77. The van der Waals surface area contributed by atoms with Crippen molar-refractivity contribution in [2.45, 2.75) is 78.9 Å². The van der Waals surface area contributed by atoms with Crippen LogP contribution in [-0.4, -0.2) is 49.8 Å². The number of ether oxygens (including phenoxy) is 3. The third-order valence-corrected chi connectivity index (χ3v) is 5.39. The number of rotatable bonds is 10. The zero-order chi connectivity index (χ0) is 20.4. The Morgan fingerprint density at radius 1 is 1.15 bits per heavy atom. The van der Waals surface area contributed by atoms with Crippen molar-refractivity contribution in [3.8, 4) is 0 Å². The molecule has 0 aliphatic heterocycles. The van der Waals surface area contributed by atoms with Gasteiger partial charge in [0.05, 0.1) is 25.7 Å². The highest BCUT2D eigenvalue weighted by Gasteiger charge is 2.35. The maximum absolute atomic E-state index is 12.2. The van der Waals surface area contributed by atoms with Crippen LogP contribution in [0.25, 0.3) is 0 Å². The first-order valence-corrected chi connectivity index (χ1v) is 9.95. The second-order valence-electron chi connectivity index (χ2n) is 7.72. The highest BCUT2D eigenvalue weighted by atomic mass is 16.5. The van der Waals surface area contributed by atoms with Gasteiger partial charge in [-0.25, -0.2) is 4.79 Å². The van der Waals surface area contributed by atoms with Crippen LogP contribution >= 0.6 is 0 Å². The Balaban J connectivity index is 2.55. The van der Waals surface area contributed by atoms with Crippen LogP contribution < -0.4 is 5.32 Å². The van der Waals surface area contributed by atoms with E-state index in [-0.39, 0.29) is 37.8 Å². The Morgan fingerprint density at radius 3 is 2.41 bits per heavy atom. The van der Waals surface area contributed by atoms with Gasteiger partial charge in [0.25, 0.3) is 0 Å². The minimum atomic E-state index is -1.06. The summed E-state index contributed by atoms with van der Waals surface area (Å²) >= 11 is 0. The number of carbonyl (C=O) groups is 3. The number of carbonyl (C=O) groups excluding carboxylic acids is 3. The first-order chi connectivity index (χ1) is 12.7. The molecular formula is C20H35NO6. The van der Waals surface area contributed by atoms with Crippen molar-refractivity contribution in [3.05, 3.63) is 0 Å². The van der Waals surface area contributed by atoms with Crippen LogP contribution in [0.15, 0.2) is 0 Å². The van der Waals surface area contributed by atoms with Gasteiger partial charge < -0.3 is 19.5 Å². The molecular weight excluding hydrogens is 350 g/mol. The monoisotopic (exact) mass is 385 g/mol. The quantitative estimate of drug-likeness (QED) is 0.581. The van der Waals surface area contributed by atoms with Gasteiger partial charge in [-0.05, 0) is 44.4 Å². The average molecular weight is 386 g/mol. The minimum Gasteiger partial charge on any atom is -0.466 e. The summed E-state index contributed by atoms with van der Waals surface area (Å²) in [4.78, 5) is 35.9. The lowest BCUT2D eigenvalue weighted by atomic mass is 9.67. The van der Waals surface area contributed by atoms with Crippen molar-refractivity contribution < 1.29 is 28.6 Å². The summed E-state index contributed by atoms with van der Waals surface area (Å²) in [5.41, 5.74) is 0.219. The summed E-state index contributed by atoms with van der Waals surface area (Å²) in [5, 5.41) is 2.53. The highest BCUT2D eigenvalue weighted by molar-refractivity contribution is 5.88. The molecule has 1 aliphatic rings. The fourth-order valence-electron chi connectivity index (χ4n) is 3.38. The van der Waals surface area contributed by atoms with Crippen molar-refractivity contribution in [2.75, 3.05) is 19.8 Å². The zero-order valence-electron chi connectivity index (χ0n) is 17.3. The molecule has 0 heterocycles. The van der Waals surface area contributed by atoms with Crippen molar-refractivity contribution >= 4 is 17.8 Å². The van der Waals surface area contributed by atoms with Gasteiger partial charge in [-0.3, -0.25) is 9.59 Å². The highest BCUT2D eigenvalue weighted by Crippen LogP contribution is 2.42. The van der Waals surface area contributed by atoms with E-state index < -0.39 is 23.9 Å². The maximum atomic E-state index is 12.2. The van der Waals surface area contributed by atoms with Crippen molar-refractivity contribution in [1.82, 2.24) is 5.32 Å². The molecule has 1 N–H and O–H groups in total. The maximum Gasteiger partial charge on any atom is 0.329 e. The standard InChI is InChI=1S/C20H35NO6/c1-6-25-18(23)11-16(19(24)26-7-2)21-17(22)13-27-15-9-8-10-20(5,12-15)14(3)4/h14-16H,6-13H2,1-5H3,(H,21,22)/t15?,16-,20?/m0/s1. The number of amides is 1. The van der Waals surface area contributed by atoms with E-state index in [1.165, 1.54) is 6.42 Å². The molecule has 2 unspecified atom stereocenters. The van der Waals surface area contributed by atoms with E-state index >= 15 is 0 Å². The van der Waals surface area contributed by atoms with Gasteiger partial charge in [-0.15, -0.1) is 0 Å². The van der Waals surface area contributed by atoms with E-state index in [0.29, 0.717) is 5.92 Å². The van der Waals surface area contributed by atoms with Crippen LogP contribution in [0, 0.1) is 11.3 Å². The van der Waals surface area contributed by atoms with Crippen LogP contribution in [-0.2, 0) is 28.6 Å². The number of hydrogen-bond acceptors (Lipinski definition) is 6. The molecule has 1 aliphatic carbocycles. The molecule has 0 radical (unpaired) electrons.